The van der Waals surface area contributed by atoms with Gasteiger partial charge in [-0.3, -0.25) is 0 Å². The summed E-state index contributed by atoms with van der Waals surface area (Å²) < 4.78 is 10.1. The molecule has 0 aliphatic rings. The van der Waals surface area contributed by atoms with Crippen molar-refractivity contribution < 1.29 is 39.5 Å². The average Bonchev–Trinajstić information content (AvgIpc) is 2.76. The van der Waals surface area contributed by atoms with Gasteiger partial charge in [0.2, 0.25) is 0 Å². The van der Waals surface area contributed by atoms with Crippen LogP contribution in [0.3, 0.4) is 0 Å². The maximum absolute atomic E-state index is 12.3. The molecular weight excluding hydrogens is 440 g/mol. The molecule has 1 atom stereocenters. The Morgan fingerprint density at radius 2 is 1.85 bits per heavy atom. The lowest BCUT2D eigenvalue weighted by Crippen LogP contribution is -2.24. The Morgan fingerprint density at radius 3 is 2.44 bits per heavy atom. The maximum Gasteiger partial charge on any atom is 0.513 e. The van der Waals surface area contributed by atoms with Crippen LogP contribution in [0, 0.1) is 0 Å². The van der Waals surface area contributed by atoms with Crippen LogP contribution < -0.4 is 4.74 Å². The number of hydrogen-bond donors (Lipinski definition) is 4. The monoisotopic (exact) mass is 478 g/mol. The topological polar surface area (TPSA) is 134 Å². The summed E-state index contributed by atoms with van der Waals surface area (Å²) in [6, 6.07) is 1.43. The second-order valence-corrected chi connectivity index (χ2v) is 8.57. The average molecular weight is 479 g/mol. The number of benzene rings is 1. The predicted octanol–water partition coefficient (Wildman–Crippen LogP) is 4.93. The largest absolute Gasteiger partial charge is 0.513 e. The van der Waals surface area contributed by atoms with Crippen molar-refractivity contribution in [2.24, 2.45) is 0 Å². The third-order valence-electron chi connectivity index (χ3n) is 5.24. The summed E-state index contributed by atoms with van der Waals surface area (Å²) in [6.45, 7) is 6.89. The number of aliphatic hydroxyl groups excluding tert-OH is 2. The quantitative estimate of drug-likeness (QED) is 0.128. The van der Waals surface area contributed by atoms with E-state index in [0.717, 1.165) is 31.3 Å². The number of hydrogen-bond acceptors (Lipinski definition) is 7. The molecule has 0 saturated carbocycles. The van der Waals surface area contributed by atoms with E-state index in [1.54, 1.807) is 0 Å². The van der Waals surface area contributed by atoms with Gasteiger partial charge in [-0.1, -0.05) is 43.1 Å². The van der Waals surface area contributed by atoms with Crippen molar-refractivity contribution in [3.63, 3.8) is 0 Å². The molecule has 0 amide bonds. The van der Waals surface area contributed by atoms with Crippen molar-refractivity contribution in [3.8, 4) is 11.5 Å². The maximum atomic E-state index is 12.3. The molecule has 0 radical (unpaired) electrons. The van der Waals surface area contributed by atoms with Crippen molar-refractivity contribution in [1.29, 1.82) is 0 Å². The lowest BCUT2D eigenvalue weighted by Gasteiger charge is -2.18. The summed E-state index contributed by atoms with van der Waals surface area (Å²) in [6.07, 6.45) is 6.21. The third-order valence-corrected chi connectivity index (χ3v) is 5.24. The van der Waals surface area contributed by atoms with Gasteiger partial charge in [0.25, 0.3) is 0 Å². The molecule has 4 N–H and O–H groups in total. The van der Waals surface area contributed by atoms with E-state index in [4.69, 9.17) is 14.6 Å². The minimum atomic E-state index is -1.29. The van der Waals surface area contributed by atoms with Crippen molar-refractivity contribution in [1.82, 2.24) is 0 Å². The Balaban J connectivity index is 3.35. The number of rotatable bonds is 14. The fraction of sp³-hybridized carbons (Fsp3) is 0.538. The van der Waals surface area contributed by atoms with Crippen molar-refractivity contribution in [2.75, 3.05) is 13.2 Å². The van der Waals surface area contributed by atoms with Gasteiger partial charge in [0.05, 0.1) is 6.61 Å². The molecule has 0 aliphatic carbocycles. The highest BCUT2D eigenvalue weighted by Gasteiger charge is 2.26. The number of carbonyl (C=O) groups excluding carboxylic acids is 1. The zero-order valence-electron chi connectivity index (χ0n) is 20.6. The molecule has 0 saturated heterocycles. The third kappa shape index (κ3) is 9.97. The lowest BCUT2D eigenvalue weighted by molar-refractivity contribution is 0.0173. The molecular formula is C26H38O8. The first-order valence-electron chi connectivity index (χ1n) is 11.6. The molecule has 1 aromatic carbocycles. The minimum Gasteiger partial charge on any atom is -0.508 e. The molecule has 0 aliphatic heterocycles. The molecule has 0 bridgehead atoms. The molecule has 0 unspecified atom stereocenters. The number of phenols is 1. The molecule has 0 fully saturated rings. The number of ether oxygens (including phenoxy) is 2. The van der Waals surface area contributed by atoms with Crippen LogP contribution in [0.15, 0.2) is 29.4 Å². The Kier molecular flexibility index (Phi) is 13.0. The molecule has 34 heavy (non-hydrogen) atoms. The fourth-order valence-corrected chi connectivity index (χ4v) is 3.34. The highest BCUT2D eigenvalue weighted by Crippen LogP contribution is 2.37. The van der Waals surface area contributed by atoms with Gasteiger partial charge in [-0.2, -0.15) is 0 Å². The van der Waals surface area contributed by atoms with Crippen LogP contribution in [-0.2, 0) is 17.6 Å². The number of aliphatic hydroxyl groups is 2. The molecule has 1 aromatic rings. The number of aromatic hydroxyl groups is 1. The number of carboxylic acid groups (broad SMARTS) is 1. The molecule has 0 spiro atoms. The van der Waals surface area contributed by atoms with Gasteiger partial charge in [-0.05, 0) is 64.5 Å². The predicted molar refractivity (Wildman–Crippen MR) is 129 cm³/mol. The summed E-state index contributed by atoms with van der Waals surface area (Å²) in [5, 5.41) is 38.9. The van der Waals surface area contributed by atoms with Crippen molar-refractivity contribution in [3.05, 3.63) is 46.1 Å². The number of carbonyl (C=O) groups is 2. The van der Waals surface area contributed by atoms with Gasteiger partial charge in [0.1, 0.15) is 24.0 Å². The van der Waals surface area contributed by atoms with Crippen molar-refractivity contribution >= 4 is 12.1 Å². The van der Waals surface area contributed by atoms with Gasteiger partial charge in [0.15, 0.2) is 5.75 Å². The van der Waals surface area contributed by atoms with E-state index in [-0.39, 0.29) is 29.0 Å². The standard InChI is InChI=1S/C26H38O8/c1-5-6-7-11-19-14-22(29)21(13-12-18(4)10-8-9-17(2)3)24(23(19)25(30)31)34-26(32)33-16-20(28)15-27/h9,12,14,20,27-29H,5-8,10-11,13,15-16H2,1-4H3,(H,30,31)/b18-12+/t20-/m1/s1. The van der Waals surface area contributed by atoms with Gasteiger partial charge in [-0.15, -0.1) is 0 Å². The highest BCUT2D eigenvalue weighted by atomic mass is 16.7. The van der Waals surface area contributed by atoms with Gasteiger partial charge in [0, 0.05) is 5.56 Å². The second-order valence-electron chi connectivity index (χ2n) is 8.57. The van der Waals surface area contributed by atoms with E-state index in [0.29, 0.717) is 18.4 Å². The van der Waals surface area contributed by atoms with Crippen LogP contribution in [0.5, 0.6) is 11.5 Å². The van der Waals surface area contributed by atoms with E-state index in [2.05, 4.69) is 6.08 Å². The number of phenolic OH excluding ortho intramolecular Hbond substituents is 1. The van der Waals surface area contributed by atoms with Crippen molar-refractivity contribution in [2.45, 2.75) is 78.7 Å². The number of aryl methyl sites for hydroxylation is 1. The van der Waals surface area contributed by atoms with Gasteiger partial charge < -0.3 is 29.9 Å². The van der Waals surface area contributed by atoms with Crippen LogP contribution in [0.25, 0.3) is 0 Å². The Hall–Kier alpha value is -2.84. The van der Waals surface area contributed by atoms with Crippen LogP contribution in [0.1, 0.15) is 81.3 Å². The van der Waals surface area contributed by atoms with E-state index in [1.807, 2.05) is 33.8 Å². The van der Waals surface area contributed by atoms with Crippen LogP contribution in [-0.4, -0.2) is 51.9 Å². The molecule has 8 nitrogen and oxygen atoms in total. The Morgan fingerprint density at radius 1 is 1.15 bits per heavy atom. The Labute approximate surface area is 201 Å². The molecule has 0 heterocycles. The highest BCUT2D eigenvalue weighted by molar-refractivity contribution is 5.94. The molecule has 190 valence electrons. The normalized spacial score (nSPS) is 12.2. The summed E-state index contributed by atoms with van der Waals surface area (Å²) in [5.74, 6) is -1.71. The smallest absolute Gasteiger partial charge is 0.508 e. The van der Waals surface area contributed by atoms with Gasteiger partial charge in [-0.25, -0.2) is 9.59 Å². The van der Waals surface area contributed by atoms with Gasteiger partial charge >= 0.3 is 12.1 Å². The summed E-state index contributed by atoms with van der Waals surface area (Å²) in [5.41, 5.74) is 2.60. The van der Waals surface area contributed by atoms with Crippen LogP contribution in [0.2, 0.25) is 0 Å². The zero-order chi connectivity index (χ0) is 25.7. The summed E-state index contributed by atoms with van der Waals surface area (Å²) >= 11 is 0. The van der Waals surface area contributed by atoms with Crippen LogP contribution in [0.4, 0.5) is 4.79 Å². The zero-order valence-corrected chi connectivity index (χ0v) is 20.6. The van der Waals surface area contributed by atoms with E-state index in [1.165, 1.54) is 11.6 Å². The SMILES string of the molecule is CCCCCc1cc(O)c(C/C=C(\C)CCC=C(C)C)c(OC(=O)OC[C@H](O)CO)c1C(=O)O. The summed E-state index contributed by atoms with van der Waals surface area (Å²) in [7, 11) is 0. The first kappa shape index (κ1) is 29.2. The Bertz CT molecular complexity index is 881. The number of allylic oxidation sites excluding steroid dienone is 4. The fourth-order valence-electron chi connectivity index (χ4n) is 3.34. The van der Waals surface area contributed by atoms with E-state index >= 15 is 0 Å². The number of carboxylic acids is 1. The number of aromatic carboxylic acids is 1. The molecule has 0 aromatic heterocycles. The summed E-state index contributed by atoms with van der Waals surface area (Å²) in [4.78, 5) is 24.4. The second kappa shape index (κ2) is 15.1. The first-order valence-corrected chi connectivity index (χ1v) is 11.6. The minimum absolute atomic E-state index is 0.157. The first-order chi connectivity index (χ1) is 16.1. The van der Waals surface area contributed by atoms with E-state index in [9.17, 15) is 24.9 Å². The lowest BCUT2D eigenvalue weighted by atomic mass is 9.94. The molecule has 1 rings (SSSR count). The van der Waals surface area contributed by atoms with Crippen LogP contribution >= 0.6 is 0 Å². The molecule has 8 heteroatoms. The van der Waals surface area contributed by atoms with E-state index < -0.39 is 31.4 Å². The number of unbranched alkanes of at least 4 members (excludes halogenated alkanes) is 2.